The molecule has 0 saturated carbocycles. The molecule has 0 spiro atoms. The quantitative estimate of drug-likeness (QED) is 0.527. The van der Waals surface area contributed by atoms with Crippen LogP contribution in [-0.2, 0) is 14.1 Å². The Kier molecular flexibility index (Phi) is 3.96. The lowest BCUT2D eigenvalue weighted by atomic mass is 9.98. The average Bonchev–Trinajstić information content (AvgIpc) is 2.91. The normalized spacial score (nSPS) is 11.1. The van der Waals surface area contributed by atoms with Gasteiger partial charge in [0.05, 0.1) is 22.3 Å². The van der Waals surface area contributed by atoms with Crippen LogP contribution in [0, 0.1) is 0 Å². The van der Waals surface area contributed by atoms with Crippen molar-refractivity contribution in [2.75, 3.05) is 0 Å². The Bertz CT molecular complexity index is 1250. The van der Waals surface area contributed by atoms with E-state index < -0.39 is 0 Å². The molecule has 4 aromatic rings. The van der Waals surface area contributed by atoms with Gasteiger partial charge in [0.2, 0.25) is 0 Å². The highest BCUT2D eigenvalue weighted by atomic mass is 16.1. The lowest BCUT2D eigenvalue weighted by Crippen LogP contribution is -2.17. The standard InChI is InChI=1S/C21H18N4O2/c1-13(26)14-5-4-6-15(11-14)19-20(24(2)25(3)21(19)27)16-7-8-17-18(12-16)23-10-9-22-17/h4-12H,1-3H3. The van der Waals surface area contributed by atoms with E-state index in [1.807, 2.05) is 36.0 Å². The van der Waals surface area contributed by atoms with E-state index in [1.54, 1.807) is 42.3 Å². The molecule has 4 rings (SSSR count). The molecule has 2 aromatic carbocycles. The fourth-order valence-corrected chi connectivity index (χ4v) is 3.31. The van der Waals surface area contributed by atoms with E-state index in [0.29, 0.717) is 11.1 Å². The Labute approximate surface area is 155 Å². The third kappa shape index (κ3) is 2.75. The van der Waals surface area contributed by atoms with E-state index in [4.69, 9.17) is 0 Å². The van der Waals surface area contributed by atoms with Crippen LogP contribution in [0.15, 0.2) is 59.7 Å². The second-order valence-electron chi connectivity index (χ2n) is 6.47. The van der Waals surface area contributed by atoms with Crippen molar-refractivity contribution in [2.24, 2.45) is 14.1 Å². The maximum absolute atomic E-state index is 13.0. The summed E-state index contributed by atoms with van der Waals surface area (Å²) < 4.78 is 3.38. The number of fused-ring (bicyclic) bond motifs is 1. The molecule has 6 nitrogen and oxygen atoms in total. The van der Waals surface area contributed by atoms with Crippen molar-refractivity contribution in [3.63, 3.8) is 0 Å². The summed E-state index contributed by atoms with van der Waals surface area (Å²) in [5, 5.41) is 0. The maximum Gasteiger partial charge on any atom is 0.274 e. The molecular formula is C21H18N4O2. The average molecular weight is 358 g/mol. The van der Waals surface area contributed by atoms with E-state index in [1.165, 1.54) is 6.92 Å². The molecule has 0 aliphatic carbocycles. The van der Waals surface area contributed by atoms with E-state index in [0.717, 1.165) is 27.9 Å². The zero-order valence-corrected chi connectivity index (χ0v) is 15.3. The Balaban J connectivity index is 2.01. The van der Waals surface area contributed by atoms with Crippen molar-refractivity contribution in [3.05, 3.63) is 70.8 Å². The fraction of sp³-hybridized carbons (Fsp3) is 0.143. The lowest BCUT2D eigenvalue weighted by Gasteiger charge is -2.09. The van der Waals surface area contributed by atoms with Crippen LogP contribution in [-0.4, -0.2) is 25.1 Å². The van der Waals surface area contributed by atoms with Crippen LogP contribution < -0.4 is 5.56 Å². The third-order valence-electron chi connectivity index (χ3n) is 4.82. The topological polar surface area (TPSA) is 69.8 Å². The van der Waals surface area contributed by atoms with Gasteiger partial charge in [-0.2, -0.15) is 0 Å². The lowest BCUT2D eigenvalue weighted by molar-refractivity contribution is 0.101. The molecule has 0 unspecified atom stereocenters. The monoisotopic (exact) mass is 358 g/mol. The number of carbonyl (C=O) groups is 1. The molecule has 27 heavy (non-hydrogen) atoms. The number of hydrogen-bond donors (Lipinski definition) is 0. The van der Waals surface area contributed by atoms with Gasteiger partial charge in [-0.05, 0) is 30.7 Å². The smallest absolute Gasteiger partial charge is 0.274 e. The highest BCUT2D eigenvalue weighted by Gasteiger charge is 2.20. The van der Waals surface area contributed by atoms with Gasteiger partial charge < -0.3 is 0 Å². The van der Waals surface area contributed by atoms with Gasteiger partial charge in [-0.1, -0.05) is 24.3 Å². The SMILES string of the molecule is CC(=O)c1cccc(-c2c(-c3ccc4nccnc4c3)n(C)n(C)c2=O)c1. The number of nitrogens with zero attached hydrogens (tertiary/aromatic N) is 4. The Morgan fingerprint density at radius 2 is 1.63 bits per heavy atom. The van der Waals surface area contributed by atoms with Gasteiger partial charge in [0.1, 0.15) is 0 Å². The van der Waals surface area contributed by atoms with E-state index in [9.17, 15) is 9.59 Å². The Morgan fingerprint density at radius 1 is 0.889 bits per heavy atom. The van der Waals surface area contributed by atoms with E-state index in [2.05, 4.69) is 9.97 Å². The first-order valence-corrected chi connectivity index (χ1v) is 8.56. The van der Waals surface area contributed by atoms with Crippen molar-refractivity contribution in [1.82, 2.24) is 19.3 Å². The van der Waals surface area contributed by atoms with Crippen LogP contribution in [0.3, 0.4) is 0 Å². The van der Waals surface area contributed by atoms with Crippen molar-refractivity contribution in [1.29, 1.82) is 0 Å². The van der Waals surface area contributed by atoms with Crippen LogP contribution in [0.4, 0.5) is 0 Å². The predicted octanol–water partition coefficient (Wildman–Crippen LogP) is 3.20. The molecule has 134 valence electrons. The number of hydrogen-bond acceptors (Lipinski definition) is 4. The largest absolute Gasteiger partial charge is 0.295 e. The maximum atomic E-state index is 13.0. The summed E-state index contributed by atoms with van der Waals surface area (Å²) in [5.74, 6) is -0.0351. The van der Waals surface area contributed by atoms with Crippen LogP contribution >= 0.6 is 0 Å². The predicted molar refractivity (Wildman–Crippen MR) is 105 cm³/mol. The molecule has 0 aliphatic rings. The minimum Gasteiger partial charge on any atom is -0.295 e. The van der Waals surface area contributed by atoms with Crippen LogP contribution in [0.25, 0.3) is 33.4 Å². The minimum atomic E-state index is -0.118. The number of carbonyl (C=O) groups excluding carboxylic acids is 1. The fourth-order valence-electron chi connectivity index (χ4n) is 3.31. The third-order valence-corrected chi connectivity index (χ3v) is 4.82. The zero-order chi connectivity index (χ0) is 19.1. The highest BCUT2D eigenvalue weighted by Crippen LogP contribution is 2.31. The van der Waals surface area contributed by atoms with Gasteiger partial charge in [-0.15, -0.1) is 0 Å². The summed E-state index contributed by atoms with van der Waals surface area (Å²) in [6, 6.07) is 12.9. The summed E-state index contributed by atoms with van der Waals surface area (Å²) in [4.78, 5) is 33.4. The zero-order valence-electron chi connectivity index (χ0n) is 15.3. The van der Waals surface area contributed by atoms with Gasteiger partial charge in [-0.25, -0.2) is 0 Å². The summed E-state index contributed by atoms with van der Waals surface area (Å²) in [5.41, 5.74) is 4.94. The molecule has 0 amide bonds. The molecule has 0 bridgehead atoms. The molecule has 0 aliphatic heterocycles. The van der Waals surface area contributed by atoms with Gasteiger partial charge in [-0.3, -0.25) is 28.9 Å². The summed E-state index contributed by atoms with van der Waals surface area (Å²) in [6.07, 6.45) is 3.30. The highest BCUT2D eigenvalue weighted by molar-refractivity contribution is 5.96. The van der Waals surface area contributed by atoms with Gasteiger partial charge >= 0.3 is 0 Å². The van der Waals surface area contributed by atoms with Crippen molar-refractivity contribution in [3.8, 4) is 22.4 Å². The summed E-state index contributed by atoms with van der Waals surface area (Å²) in [7, 11) is 3.57. The molecule has 2 aromatic heterocycles. The van der Waals surface area contributed by atoms with Crippen LogP contribution in [0.1, 0.15) is 17.3 Å². The second-order valence-corrected chi connectivity index (χ2v) is 6.47. The molecule has 0 radical (unpaired) electrons. The number of aromatic nitrogens is 4. The first-order valence-electron chi connectivity index (χ1n) is 8.56. The Morgan fingerprint density at radius 3 is 2.37 bits per heavy atom. The summed E-state index contributed by atoms with van der Waals surface area (Å²) >= 11 is 0. The minimum absolute atomic E-state index is 0.0351. The number of rotatable bonds is 3. The summed E-state index contributed by atoms with van der Waals surface area (Å²) in [6.45, 7) is 1.52. The molecule has 0 atom stereocenters. The van der Waals surface area contributed by atoms with Gasteiger partial charge in [0, 0.05) is 37.6 Å². The number of benzene rings is 2. The first-order chi connectivity index (χ1) is 13.0. The van der Waals surface area contributed by atoms with Crippen molar-refractivity contribution < 1.29 is 4.79 Å². The van der Waals surface area contributed by atoms with Crippen LogP contribution in [0.2, 0.25) is 0 Å². The number of ketones is 1. The molecule has 0 fully saturated rings. The second kappa shape index (κ2) is 6.32. The first kappa shape index (κ1) is 16.9. The van der Waals surface area contributed by atoms with Gasteiger partial charge in [0.15, 0.2) is 5.78 Å². The van der Waals surface area contributed by atoms with Crippen LogP contribution in [0.5, 0.6) is 0 Å². The molecule has 0 N–H and O–H groups in total. The Hall–Kier alpha value is -3.54. The molecule has 0 saturated heterocycles. The molecule has 2 heterocycles. The number of Topliss-reactive ketones (excluding diaryl/α,β-unsaturated/α-hetero) is 1. The van der Waals surface area contributed by atoms with E-state index in [-0.39, 0.29) is 11.3 Å². The molecular weight excluding hydrogens is 340 g/mol. The van der Waals surface area contributed by atoms with Gasteiger partial charge in [0.25, 0.3) is 5.56 Å². The molecule has 6 heteroatoms. The van der Waals surface area contributed by atoms with E-state index >= 15 is 0 Å². The van der Waals surface area contributed by atoms with Crippen molar-refractivity contribution >= 4 is 16.8 Å². The van der Waals surface area contributed by atoms with Crippen molar-refractivity contribution in [2.45, 2.75) is 6.92 Å².